The Morgan fingerprint density at radius 1 is 1.07 bits per heavy atom. The maximum Gasteiger partial charge on any atom is 0.322 e. The topological polar surface area (TPSA) is 90.4 Å². The Morgan fingerprint density at radius 2 is 1.78 bits per heavy atom. The fourth-order valence-electron chi connectivity index (χ4n) is 2.12. The summed E-state index contributed by atoms with van der Waals surface area (Å²) < 4.78 is 51.3. The maximum absolute atomic E-state index is 13.6. The molecule has 0 atom stereocenters. The first kappa shape index (κ1) is 18.9. The third-order valence-corrected chi connectivity index (χ3v) is 4.97. The Labute approximate surface area is 159 Å². The monoisotopic (exact) mass is 409 g/mol. The normalized spacial score (nSPS) is 11.1. The molecule has 2 aromatic carbocycles. The third kappa shape index (κ3) is 4.44. The summed E-state index contributed by atoms with van der Waals surface area (Å²) in [5.41, 5.74) is 0.0814. The van der Waals surface area contributed by atoms with E-state index < -0.39 is 15.8 Å². The highest BCUT2D eigenvalue weighted by molar-refractivity contribution is 7.92. The molecule has 0 fully saturated rings. The molecule has 0 radical (unpaired) electrons. The lowest BCUT2D eigenvalue weighted by atomic mass is 10.3. The summed E-state index contributed by atoms with van der Waals surface area (Å²) in [4.78, 5) is 7.60. The minimum absolute atomic E-state index is 0.0468. The van der Waals surface area contributed by atoms with Crippen LogP contribution in [0, 0.1) is 5.82 Å². The number of sulfonamides is 1. The van der Waals surface area contributed by atoms with Gasteiger partial charge in [0, 0.05) is 5.02 Å². The number of para-hydroxylation sites is 1. The van der Waals surface area contributed by atoms with Gasteiger partial charge >= 0.3 is 6.01 Å². The predicted molar refractivity (Wildman–Crippen MR) is 97.3 cm³/mol. The van der Waals surface area contributed by atoms with Crippen LogP contribution in [0.5, 0.6) is 17.5 Å². The maximum atomic E-state index is 13.6. The number of ether oxygens (including phenoxy) is 2. The van der Waals surface area contributed by atoms with Gasteiger partial charge < -0.3 is 9.47 Å². The molecule has 140 valence electrons. The predicted octanol–water partition coefficient (Wildman–Crippen LogP) is 3.87. The van der Waals surface area contributed by atoms with Crippen molar-refractivity contribution in [2.24, 2.45) is 0 Å². The van der Waals surface area contributed by atoms with Crippen LogP contribution in [0.3, 0.4) is 0 Å². The van der Waals surface area contributed by atoms with E-state index in [0.29, 0.717) is 0 Å². The third-order valence-electron chi connectivity index (χ3n) is 3.33. The van der Waals surface area contributed by atoms with E-state index in [4.69, 9.17) is 21.1 Å². The van der Waals surface area contributed by atoms with Crippen LogP contribution in [-0.2, 0) is 10.0 Å². The molecule has 27 heavy (non-hydrogen) atoms. The number of halogens is 2. The van der Waals surface area contributed by atoms with Crippen LogP contribution in [0.25, 0.3) is 0 Å². The number of nitrogens with one attached hydrogen (secondary N) is 1. The van der Waals surface area contributed by atoms with Crippen LogP contribution >= 0.6 is 11.6 Å². The average Bonchev–Trinajstić information content (AvgIpc) is 2.65. The Hall–Kier alpha value is -2.91. The van der Waals surface area contributed by atoms with Gasteiger partial charge in [-0.1, -0.05) is 23.7 Å². The van der Waals surface area contributed by atoms with Crippen LogP contribution in [0.2, 0.25) is 5.02 Å². The number of rotatable bonds is 6. The zero-order valence-electron chi connectivity index (χ0n) is 13.9. The number of hydrogen-bond acceptors (Lipinski definition) is 6. The van der Waals surface area contributed by atoms with Crippen molar-refractivity contribution in [1.82, 2.24) is 9.97 Å². The molecule has 10 heteroatoms. The van der Waals surface area contributed by atoms with Crippen molar-refractivity contribution < 1.29 is 22.3 Å². The second-order valence-corrected chi connectivity index (χ2v) is 7.27. The SMILES string of the molecule is COc1ccc(Cl)cc1S(=O)(=O)Nc1cnc(Oc2ccccc2F)nc1. The summed E-state index contributed by atoms with van der Waals surface area (Å²) in [5.74, 6) is -0.485. The van der Waals surface area contributed by atoms with Gasteiger partial charge in [0.2, 0.25) is 0 Å². The number of methoxy groups -OCH3 is 1. The molecule has 3 aromatic rings. The second-order valence-electron chi connectivity index (χ2n) is 5.19. The van der Waals surface area contributed by atoms with E-state index in [9.17, 15) is 12.8 Å². The van der Waals surface area contributed by atoms with Crippen molar-refractivity contribution in [2.75, 3.05) is 11.8 Å². The van der Waals surface area contributed by atoms with Gasteiger partial charge in [-0.25, -0.2) is 22.8 Å². The summed E-state index contributed by atoms with van der Waals surface area (Å²) >= 11 is 5.87. The van der Waals surface area contributed by atoms with Crippen molar-refractivity contribution in [3.63, 3.8) is 0 Å². The minimum Gasteiger partial charge on any atom is -0.495 e. The van der Waals surface area contributed by atoms with Crippen molar-refractivity contribution >= 4 is 27.3 Å². The zero-order chi connectivity index (χ0) is 19.4. The lowest BCUT2D eigenvalue weighted by Crippen LogP contribution is -2.14. The first-order valence-corrected chi connectivity index (χ1v) is 9.36. The molecule has 0 aliphatic rings. The van der Waals surface area contributed by atoms with Gasteiger partial charge in [0.05, 0.1) is 25.2 Å². The Bertz CT molecular complexity index is 1060. The van der Waals surface area contributed by atoms with E-state index in [1.165, 1.54) is 55.9 Å². The van der Waals surface area contributed by atoms with E-state index in [1.807, 2.05) is 0 Å². The molecule has 1 heterocycles. The molecule has 0 saturated carbocycles. The van der Waals surface area contributed by atoms with Crippen molar-refractivity contribution in [2.45, 2.75) is 4.90 Å². The summed E-state index contributed by atoms with van der Waals surface area (Å²) in [6.07, 6.45) is 2.38. The van der Waals surface area contributed by atoms with Gasteiger partial charge in [0.15, 0.2) is 11.6 Å². The zero-order valence-corrected chi connectivity index (χ0v) is 15.5. The number of nitrogens with zero attached hydrogens (tertiary/aromatic N) is 2. The fourth-order valence-corrected chi connectivity index (χ4v) is 3.58. The lowest BCUT2D eigenvalue weighted by molar-refractivity contribution is 0.403. The lowest BCUT2D eigenvalue weighted by Gasteiger charge is -2.12. The summed E-state index contributed by atoms with van der Waals surface area (Å²) in [7, 11) is -2.65. The van der Waals surface area contributed by atoms with Gasteiger partial charge in [-0.05, 0) is 30.3 Å². The first-order valence-electron chi connectivity index (χ1n) is 7.50. The van der Waals surface area contributed by atoms with E-state index >= 15 is 0 Å². The highest BCUT2D eigenvalue weighted by atomic mass is 35.5. The highest BCUT2D eigenvalue weighted by Gasteiger charge is 2.20. The summed E-state index contributed by atoms with van der Waals surface area (Å²) in [5, 5.41) is 0.237. The molecule has 0 bridgehead atoms. The van der Waals surface area contributed by atoms with Crippen LogP contribution in [-0.4, -0.2) is 25.5 Å². The first-order chi connectivity index (χ1) is 12.9. The smallest absolute Gasteiger partial charge is 0.322 e. The van der Waals surface area contributed by atoms with Crippen molar-refractivity contribution in [1.29, 1.82) is 0 Å². The molecule has 0 saturated heterocycles. The van der Waals surface area contributed by atoms with Crippen molar-refractivity contribution in [3.05, 3.63) is 65.7 Å². The average molecular weight is 410 g/mol. The molecule has 0 unspecified atom stereocenters. The number of hydrogen-bond donors (Lipinski definition) is 1. The van der Waals surface area contributed by atoms with Gasteiger partial charge in [-0.15, -0.1) is 0 Å². The van der Waals surface area contributed by atoms with E-state index in [2.05, 4.69) is 14.7 Å². The Kier molecular flexibility index (Phi) is 5.43. The fraction of sp³-hybridized carbons (Fsp3) is 0.0588. The second kappa shape index (κ2) is 7.77. The molecule has 1 N–H and O–H groups in total. The molecule has 0 aliphatic heterocycles. The quantitative estimate of drug-likeness (QED) is 0.664. The van der Waals surface area contributed by atoms with Crippen LogP contribution in [0.15, 0.2) is 59.8 Å². The number of aromatic nitrogens is 2. The van der Waals surface area contributed by atoms with Crippen LogP contribution in [0.1, 0.15) is 0 Å². The molecule has 0 amide bonds. The molecule has 1 aromatic heterocycles. The standard InChI is InChI=1S/C17H13ClFN3O4S/c1-25-15-7-6-11(18)8-16(15)27(23,24)22-12-9-20-17(21-10-12)26-14-5-3-2-4-13(14)19/h2-10,22H,1H3. The molecular formula is C17H13ClFN3O4S. The van der Waals surface area contributed by atoms with Crippen molar-refractivity contribution in [3.8, 4) is 17.5 Å². The minimum atomic E-state index is -4.00. The number of anilines is 1. The van der Waals surface area contributed by atoms with Gasteiger partial charge in [0.25, 0.3) is 10.0 Å². The summed E-state index contributed by atoms with van der Waals surface area (Å²) in [6.45, 7) is 0. The molecule has 0 aliphatic carbocycles. The largest absolute Gasteiger partial charge is 0.495 e. The molecule has 0 spiro atoms. The Balaban J connectivity index is 1.80. The van der Waals surface area contributed by atoms with Crippen LogP contribution < -0.4 is 14.2 Å². The van der Waals surface area contributed by atoms with Gasteiger partial charge in [-0.3, -0.25) is 4.72 Å². The van der Waals surface area contributed by atoms with E-state index in [-0.39, 0.29) is 33.1 Å². The van der Waals surface area contributed by atoms with Crippen LogP contribution in [0.4, 0.5) is 10.1 Å². The highest BCUT2D eigenvalue weighted by Crippen LogP contribution is 2.29. The van der Waals surface area contributed by atoms with Gasteiger partial charge in [-0.2, -0.15) is 0 Å². The number of benzene rings is 2. The van der Waals surface area contributed by atoms with Gasteiger partial charge in [0.1, 0.15) is 10.6 Å². The van der Waals surface area contributed by atoms with E-state index in [1.54, 1.807) is 6.07 Å². The molecule has 3 rings (SSSR count). The molecular weight excluding hydrogens is 397 g/mol. The Morgan fingerprint density at radius 3 is 2.44 bits per heavy atom. The van der Waals surface area contributed by atoms with E-state index in [0.717, 1.165) is 0 Å². The summed E-state index contributed by atoms with van der Waals surface area (Å²) in [6, 6.07) is 9.85. The molecule has 7 nitrogen and oxygen atoms in total.